The minimum Gasteiger partial charge on any atom is -0.493 e. The highest BCUT2D eigenvalue weighted by Crippen LogP contribution is 2.31. The van der Waals surface area contributed by atoms with Crippen molar-refractivity contribution in [3.63, 3.8) is 0 Å². The van der Waals surface area contributed by atoms with E-state index in [1.54, 1.807) is 7.11 Å². The summed E-state index contributed by atoms with van der Waals surface area (Å²) >= 11 is 0. The van der Waals surface area contributed by atoms with E-state index < -0.39 is 0 Å². The van der Waals surface area contributed by atoms with Gasteiger partial charge in [-0.3, -0.25) is 0 Å². The normalized spacial score (nSPS) is 11.4. The molecule has 102 valence electrons. The Morgan fingerprint density at radius 2 is 2.00 bits per heavy atom. The fourth-order valence-electron chi connectivity index (χ4n) is 1.53. The fraction of sp³-hybridized carbons (Fsp3) is 0.571. The van der Waals surface area contributed by atoms with E-state index in [-0.39, 0.29) is 18.8 Å². The van der Waals surface area contributed by atoms with Gasteiger partial charge < -0.3 is 19.9 Å². The third-order valence-corrected chi connectivity index (χ3v) is 2.43. The van der Waals surface area contributed by atoms with Crippen LogP contribution in [0.3, 0.4) is 0 Å². The van der Waals surface area contributed by atoms with Crippen molar-refractivity contribution in [3.8, 4) is 11.5 Å². The molecule has 0 bridgehead atoms. The standard InChI is InChI=1S/C14H23NO3/c1-14(2,3)15-10-11-6-5-7-12(17-4)13(11)18-9-8-16/h5-7,15-16H,8-10H2,1-4H3. The van der Waals surface area contributed by atoms with E-state index in [1.807, 2.05) is 18.2 Å². The molecule has 4 nitrogen and oxygen atoms in total. The summed E-state index contributed by atoms with van der Waals surface area (Å²) in [5, 5.41) is 12.3. The topological polar surface area (TPSA) is 50.7 Å². The lowest BCUT2D eigenvalue weighted by atomic mass is 10.1. The van der Waals surface area contributed by atoms with Gasteiger partial charge in [-0.2, -0.15) is 0 Å². The van der Waals surface area contributed by atoms with Crippen LogP contribution in [0.4, 0.5) is 0 Å². The average molecular weight is 253 g/mol. The smallest absolute Gasteiger partial charge is 0.165 e. The lowest BCUT2D eigenvalue weighted by molar-refractivity contribution is 0.195. The van der Waals surface area contributed by atoms with Crippen LogP contribution in [0.15, 0.2) is 18.2 Å². The Bertz CT molecular complexity index is 372. The maximum atomic E-state index is 8.86. The molecular formula is C14H23NO3. The SMILES string of the molecule is COc1cccc(CNC(C)(C)C)c1OCCO. The van der Waals surface area contributed by atoms with E-state index >= 15 is 0 Å². The number of hydrogen-bond donors (Lipinski definition) is 2. The average Bonchev–Trinajstić information content (AvgIpc) is 2.33. The third-order valence-electron chi connectivity index (χ3n) is 2.43. The lowest BCUT2D eigenvalue weighted by Crippen LogP contribution is -2.35. The molecule has 0 aliphatic carbocycles. The zero-order valence-electron chi connectivity index (χ0n) is 11.6. The summed E-state index contributed by atoms with van der Waals surface area (Å²) in [6.45, 7) is 7.29. The maximum absolute atomic E-state index is 8.86. The summed E-state index contributed by atoms with van der Waals surface area (Å²) in [6.07, 6.45) is 0. The van der Waals surface area contributed by atoms with E-state index in [4.69, 9.17) is 14.6 Å². The zero-order chi connectivity index (χ0) is 13.6. The Kier molecular flexibility index (Phi) is 5.44. The van der Waals surface area contributed by atoms with Gasteiger partial charge in [-0.15, -0.1) is 0 Å². The predicted molar refractivity (Wildman–Crippen MR) is 72.2 cm³/mol. The molecule has 0 saturated carbocycles. The van der Waals surface area contributed by atoms with Crippen molar-refractivity contribution in [1.82, 2.24) is 5.32 Å². The summed E-state index contributed by atoms with van der Waals surface area (Å²) in [6, 6.07) is 5.78. The molecule has 1 aromatic carbocycles. The minimum absolute atomic E-state index is 0.00973. The third kappa shape index (κ3) is 4.55. The highest BCUT2D eigenvalue weighted by Gasteiger charge is 2.14. The van der Waals surface area contributed by atoms with Gasteiger partial charge in [0.1, 0.15) is 6.61 Å². The number of nitrogens with one attached hydrogen (secondary N) is 1. The predicted octanol–water partition coefficient (Wildman–Crippen LogP) is 1.95. The molecule has 1 aromatic rings. The van der Waals surface area contributed by atoms with Crippen LogP contribution < -0.4 is 14.8 Å². The van der Waals surface area contributed by atoms with E-state index in [0.29, 0.717) is 18.0 Å². The van der Waals surface area contributed by atoms with Crippen LogP contribution in [-0.4, -0.2) is 31.0 Å². The number of hydrogen-bond acceptors (Lipinski definition) is 4. The number of rotatable bonds is 6. The van der Waals surface area contributed by atoms with E-state index in [2.05, 4.69) is 26.1 Å². The van der Waals surface area contributed by atoms with Gasteiger partial charge in [0.15, 0.2) is 11.5 Å². The Balaban J connectivity index is 2.87. The number of benzene rings is 1. The highest BCUT2D eigenvalue weighted by atomic mass is 16.5. The number of methoxy groups -OCH3 is 1. The van der Waals surface area contributed by atoms with E-state index in [0.717, 1.165) is 5.56 Å². The van der Waals surface area contributed by atoms with Crippen molar-refractivity contribution in [3.05, 3.63) is 23.8 Å². The molecule has 18 heavy (non-hydrogen) atoms. The van der Waals surface area contributed by atoms with Gasteiger partial charge in [0.2, 0.25) is 0 Å². The molecule has 0 aliphatic rings. The van der Waals surface area contributed by atoms with Crippen molar-refractivity contribution in [2.24, 2.45) is 0 Å². The Morgan fingerprint density at radius 1 is 1.28 bits per heavy atom. The van der Waals surface area contributed by atoms with E-state index in [1.165, 1.54) is 0 Å². The van der Waals surface area contributed by atoms with Gasteiger partial charge in [-0.05, 0) is 26.8 Å². The highest BCUT2D eigenvalue weighted by molar-refractivity contribution is 5.46. The molecule has 0 heterocycles. The van der Waals surface area contributed by atoms with Crippen LogP contribution in [0.2, 0.25) is 0 Å². The molecule has 0 aliphatic heterocycles. The first-order valence-electron chi connectivity index (χ1n) is 6.12. The molecule has 0 saturated heterocycles. The molecule has 4 heteroatoms. The number of aliphatic hydroxyl groups excluding tert-OH is 1. The largest absolute Gasteiger partial charge is 0.493 e. The molecule has 0 atom stereocenters. The van der Waals surface area contributed by atoms with Crippen molar-refractivity contribution >= 4 is 0 Å². The Labute approximate surface area is 109 Å². The summed E-state index contributed by atoms with van der Waals surface area (Å²) in [5.41, 5.74) is 1.06. The first kappa shape index (κ1) is 14.8. The minimum atomic E-state index is -0.00973. The van der Waals surface area contributed by atoms with Crippen LogP contribution in [-0.2, 0) is 6.54 Å². The number of ether oxygens (including phenoxy) is 2. The number of para-hydroxylation sites is 1. The van der Waals surface area contributed by atoms with Gasteiger partial charge in [0.25, 0.3) is 0 Å². The molecule has 0 spiro atoms. The summed E-state index contributed by atoms with van der Waals surface area (Å²) in [7, 11) is 1.61. The van der Waals surface area contributed by atoms with Crippen LogP contribution in [0.5, 0.6) is 11.5 Å². The monoisotopic (exact) mass is 253 g/mol. The zero-order valence-corrected chi connectivity index (χ0v) is 11.6. The van der Waals surface area contributed by atoms with Gasteiger partial charge in [-0.1, -0.05) is 12.1 Å². The van der Waals surface area contributed by atoms with Crippen LogP contribution in [0.25, 0.3) is 0 Å². The van der Waals surface area contributed by atoms with Gasteiger partial charge in [-0.25, -0.2) is 0 Å². The molecule has 2 N–H and O–H groups in total. The molecule has 1 rings (SSSR count). The van der Waals surface area contributed by atoms with Crippen LogP contribution in [0.1, 0.15) is 26.3 Å². The maximum Gasteiger partial charge on any atom is 0.165 e. The number of aliphatic hydroxyl groups is 1. The molecule has 0 amide bonds. The first-order chi connectivity index (χ1) is 8.48. The molecule has 0 unspecified atom stereocenters. The molecular weight excluding hydrogens is 230 g/mol. The molecule has 0 aromatic heterocycles. The quantitative estimate of drug-likeness (QED) is 0.813. The Morgan fingerprint density at radius 3 is 2.56 bits per heavy atom. The van der Waals surface area contributed by atoms with Crippen LogP contribution in [0, 0.1) is 0 Å². The van der Waals surface area contributed by atoms with Gasteiger partial charge >= 0.3 is 0 Å². The van der Waals surface area contributed by atoms with Crippen molar-refractivity contribution in [2.75, 3.05) is 20.3 Å². The summed E-state index contributed by atoms with van der Waals surface area (Å²) in [4.78, 5) is 0. The second-order valence-corrected chi connectivity index (χ2v) is 5.12. The van der Waals surface area contributed by atoms with Gasteiger partial charge in [0, 0.05) is 17.6 Å². The van der Waals surface area contributed by atoms with E-state index in [9.17, 15) is 0 Å². The van der Waals surface area contributed by atoms with Crippen molar-refractivity contribution < 1.29 is 14.6 Å². The second kappa shape index (κ2) is 6.61. The molecule has 0 radical (unpaired) electrons. The second-order valence-electron chi connectivity index (χ2n) is 5.12. The summed E-state index contributed by atoms with van der Waals surface area (Å²) < 4.78 is 10.8. The van der Waals surface area contributed by atoms with Gasteiger partial charge in [0.05, 0.1) is 13.7 Å². The Hall–Kier alpha value is -1.26. The fourth-order valence-corrected chi connectivity index (χ4v) is 1.53. The van der Waals surface area contributed by atoms with Crippen LogP contribution >= 0.6 is 0 Å². The van der Waals surface area contributed by atoms with Crippen molar-refractivity contribution in [1.29, 1.82) is 0 Å². The molecule has 0 fully saturated rings. The summed E-state index contributed by atoms with van der Waals surface area (Å²) in [5.74, 6) is 1.39. The lowest BCUT2D eigenvalue weighted by Gasteiger charge is -2.22. The van der Waals surface area contributed by atoms with Crippen molar-refractivity contribution in [2.45, 2.75) is 32.9 Å². The first-order valence-corrected chi connectivity index (χ1v) is 6.12.